The summed E-state index contributed by atoms with van der Waals surface area (Å²) in [4.78, 5) is 12.2. The second-order valence-electron chi connectivity index (χ2n) is 6.03. The summed E-state index contributed by atoms with van der Waals surface area (Å²) < 4.78 is 51.2. The molecule has 0 aliphatic carbocycles. The Morgan fingerprint density at radius 1 is 1.40 bits per heavy atom. The predicted molar refractivity (Wildman–Crippen MR) is 88.1 cm³/mol. The summed E-state index contributed by atoms with van der Waals surface area (Å²) in [5, 5.41) is 12.5. The molecule has 140 valence electrons. The molecule has 6 nitrogen and oxygen atoms in total. The van der Waals surface area contributed by atoms with Crippen LogP contribution in [0.25, 0.3) is 0 Å². The summed E-state index contributed by atoms with van der Waals surface area (Å²) in [6.45, 7) is 1.90. The van der Waals surface area contributed by atoms with Crippen molar-refractivity contribution in [3.05, 3.63) is 35.4 Å². The second kappa shape index (κ2) is 8.20. The van der Waals surface area contributed by atoms with Crippen LogP contribution in [0.4, 0.5) is 8.78 Å². The number of rotatable bonds is 6. The molecule has 1 aromatic rings. The van der Waals surface area contributed by atoms with Crippen LogP contribution >= 0.6 is 0 Å². The van der Waals surface area contributed by atoms with E-state index < -0.39 is 33.7 Å². The number of aliphatic hydroxyl groups is 1. The molecule has 0 spiro atoms. The highest BCUT2D eigenvalue weighted by atomic mass is 32.2. The third-order valence-corrected chi connectivity index (χ3v) is 6.16. The summed E-state index contributed by atoms with van der Waals surface area (Å²) >= 11 is 0. The quantitative estimate of drug-likeness (QED) is 0.781. The van der Waals surface area contributed by atoms with Crippen molar-refractivity contribution in [3.63, 3.8) is 0 Å². The first-order valence-electron chi connectivity index (χ1n) is 8.13. The van der Waals surface area contributed by atoms with Gasteiger partial charge in [0.25, 0.3) is 0 Å². The lowest BCUT2D eigenvalue weighted by atomic mass is 9.98. The lowest BCUT2D eigenvalue weighted by Gasteiger charge is -2.31. The zero-order valence-corrected chi connectivity index (χ0v) is 14.7. The Labute approximate surface area is 145 Å². The van der Waals surface area contributed by atoms with Gasteiger partial charge in [0.05, 0.1) is 17.8 Å². The summed E-state index contributed by atoms with van der Waals surface area (Å²) in [5.74, 6) is -2.96. The van der Waals surface area contributed by atoms with E-state index >= 15 is 0 Å². The molecule has 0 unspecified atom stereocenters. The minimum absolute atomic E-state index is 0.0177. The lowest BCUT2D eigenvalue weighted by Crippen LogP contribution is -2.46. The number of nitrogens with zero attached hydrogens (tertiary/aromatic N) is 1. The van der Waals surface area contributed by atoms with E-state index in [2.05, 4.69) is 5.32 Å². The number of aliphatic hydroxyl groups excluding tert-OH is 1. The number of piperidine rings is 1. The molecule has 25 heavy (non-hydrogen) atoms. The number of halogens is 2. The molecular weight excluding hydrogens is 354 g/mol. The van der Waals surface area contributed by atoms with Gasteiger partial charge in [-0.2, -0.15) is 0 Å². The van der Waals surface area contributed by atoms with E-state index in [4.69, 9.17) is 0 Å². The van der Waals surface area contributed by atoms with Crippen LogP contribution in [0.2, 0.25) is 0 Å². The van der Waals surface area contributed by atoms with Gasteiger partial charge in [-0.05, 0) is 37.5 Å². The summed E-state index contributed by atoms with van der Waals surface area (Å²) in [5.41, 5.74) is 0.151. The van der Waals surface area contributed by atoms with Gasteiger partial charge >= 0.3 is 0 Å². The number of hydrogen-bond donors (Lipinski definition) is 2. The van der Waals surface area contributed by atoms with Gasteiger partial charge in [-0.15, -0.1) is 0 Å². The van der Waals surface area contributed by atoms with Crippen molar-refractivity contribution in [1.29, 1.82) is 0 Å². The fourth-order valence-corrected chi connectivity index (χ4v) is 3.95. The molecule has 0 radical (unpaired) electrons. The summed E-state index contributed by atoms with van der Waals surface area (Å²) in [7, 11) is -3.34. The lowest BCUT2D eigenvalue weighted by molar-refractivity contribution is -0.126. The molecule has 1 aliphatic rings. The number of amides is 1. The van der Waals surface area contributed by atoms with Gasteiger partial charge in [0.15, 0.2) is 11.6 Å². The molecule has 0 saturated carbocycles. The van der Waals surface area contributed by atoms with E-state index in [0.29, 0.717) is 19.4 Å². The van der Waals surface area contributed by atoms with Crippen molar-refractivity contribution in [2.24, 2.45) is 5.92 Å². The maximum absolute atomic E-state index is 13.2. The van der Waals surface area contributed by atoms with Crippen LogP contribution in [-0.4, -0.2) is 49.1 Å². The first kappa shape index (κ1) is 19.7. The SMILES string of the molecule is CCS(=O)(=O)N1CCC[C@@H](C(=O)NC[C@H](O)c2ccc(F)c(F)c2)C1. The Bertz CT molecular complexity index is 727. The van der Waals surface area contributed by atoms with Gasteiger partial charge in [0.2, 0.25) is 15.9 Å². The maximum atomic E-state index is 13.2. The molecule has 1 aromatic carbocycles. The zero-order chi connectivity index (χ0) is 18.6. The van der Waals surface area contributed by atoms with Crippen molar-refractivity contribution in [3.8, 4) is 0 Å². The summed E-state index contributed by atoms with van der Waals surface area (Å²) in [6.07, 6.45) is -0.0376. The van der Waals surface area contributed by atoms with E-state index in [-0.39, 0.29) is 30.3 Å². The van der Waals surface area contributed by atoms with Crippen LogP contribution < -0.4 is 5.32 Å². The first-order chi connectivity index (χ1) is 11.7. The highest BCUT2D eigenvalue weighted by Gasteiger charge is 2.31. The fourth-order valence-electron chi connectivity index (χ4n) is 2.77. The molecule has 1 saturated heterocycles. The van der Waals surface area contributed by atoms with Crippen molar-refractivity contribution in [2.45, 2.75) is 25.9 Å². The number of benzene rings is 1. The van der Waals surface area contributed by atoms with Gasteiger partial charge in [0, 0.05) is 19.6 Å². The molecule has 2 rings (SSSR count). The topological polar surface area (TPSA) is 86.7 Å². The third-order valence-electron chi connectivity index (χ3n) is 4.31. The number of sulfonamides is 1. The van der Waals surface area contributed by atoms with Crippen molar-refractivity contribution >= 4 is 15.9 Å². The second-order valence-corrected chi connectivity index (χ2v) is 8.29. The molecule has 2 atom stereocenters. The van der Waals surface area contributed by atoms with Gasteiger partial charge in [-0.3, -0.25) is 4.79 Å². The van der Waals surface area contributed by atoms with Gasteiger partial charge in [0.1, 0.15) is 0 Å². The Morgan fingerprint density at radius 3 is 2.76 bits per heavy atom. The summed E-state index contributed by atoms with van der Waals surface area (Å²) in [6, 6.07) is 3.03. The Morgan fingerprint density at radius 2 is 2.12 bits per heavy atom. The van der Waals surface area contributed by atoms with Crippen molar-refractivity contribution in [2.75, 3.05) is 25.4 Å². The minimum Gasteiger partial charge on any atom is -0.387 e. The zero-order valence-electron chi connectivity index (χ0n) is 13.9. The Kier molecular flexibility index (Phi) is 6.47. The van der Waals surface area contributed by atoms with Gasteiger partial charge < -0.3 is 10.4 Å². The van der Waals surface area contributed by atoms with Crippen LogP contribution in [0, 0.1) is 17.6 Å². The monoisotopic (exact) mass is 376 g/mol. The number of hydrogen-bond acceptors (Lipinski definition) is 4. The first-order valence-corrected chi connectivity index (χ1v) is 9.74. The maximum Gasteiger partial charge on any atom is 0.224 e. The van der Waals surface area contributed by atoms with Crippen LogP contribution in [-0.2, 0) is 14.8 Å². The molecule has 2 N–H and O–H groups in total. The smallest absolute Gasteiger partial charge is 0.224 e. The van der Waals surface area contributed by atoms with E-state index in [0.717, 1.165) is 12.1 Å². The largest absolute Gasteiger partial charge is 0.387 e. The molecule has 0 aromatic heterocycles. The van der Waals surface area contributed by atoms with Crippen LogP contribution in [0.15, 0.2) is 18.2 Å². The van der Waals surface area contributed by atoms with Gasteiger partial charge in [-0.25, -0.2) is 21.5 Å². The normalized spacial score (nSPS) is 20.2. The number of carbonyl (C=O) groups excluding carboxylic acids is 1. The van der Waals surface area contributed by atoms with Crippen molar-refractivity contribution < 1.29 is 27.1 Å². The Balaban J connectivity index is 1.92. The predicted octanol–water partition coefficient (Wildman–Crippen LogP) is 1.18. The average molecular weight is 376 g/mol. The molecular formula is C16H22F2N2O4S. The number of nitrogens with one attached hydrogen (secondary N) is 1. The van der Waals surface area contributed by atoms with E-state index in [9.17, 15) is 27.1 Å². The molecule has 1 amide bonds. The number of carbonyl (C=O) groups is 1. The molecule has 1 fully saturated rings. The van der Waals surface area contributed by atoms with Crippen LogP contribution in [0.3, 0.4) is 0 Å². The van der Waals surface area contributed by atoms with E-state index in [1.54, 1.807) is 6.92 Å². The molecule has 9 heteroatoms. The van der Waals surface area contributed by atoms with Gasteiger partial charge in [-0.1, -0.05) is 6.07 Å². The standard InChI is InChI=1S/C16H22F2N2O4S/c1-2-25(23,24)20-7-3-4-12(10-20)16(22)19-9-15(21)11-5-6-13(17)14(18)8-11/h5-6,8,12,15,21H,2-4,7,9-10H2,1H3,(H,19,22)/t12-,15+/m1/s1. The average Bonchev–Trinajstić information content (AvgIpc) is 2.61. The highest BCUT2D eigenvalue weighted by Crippen LogP contribution is 2.20. The highest BCUT2D eigenvalue weighted by molar-refractivity contribution is 7.89. The van der Waals surface area contributed by atoms with Crippen LogP contribution in [0.1, 0.15) is 31.4 Å². The molecule has 1 heterocycles. The minimum atomic E-state index is -3.34. The van der Waals surface area contributed by atoms with E-state index in [1.165, 1.54) is 10.4 Å². The Hall–Kier alpha value is -1.58. The molecule has 1 aliphatic heterocycles. The van der Waals surface area contributed by atoms with Crippen molar-refractivity contribution in [1.82, 2.24) is 9.62 Å². The molecule has 0 bridgehead atoms. The third kappa shape index (κ3) is 4.96. The van der Waals surface area contributed by atoms with E-state index in [1.807, 2.05) is 0 Å². The van der Waals surface area contributed by atoms with Crippen LogP contribution in [0.5, 0.6) is 0 Å². The fraction of sp³-hybridized carbons (Fsp3) is 0.562.